The number of hydrogen-bond donors (Lipinski definition) is 2. The van der Waals surface area contributed by atoms with Crippen molar-refractivity contribution in [1.29, 1.82) is 0 Å². The van der Waals surface area contributed by atoms with E-state index in [4.69, 9.17) is 5.73 Å². The van der Waals surface area contributed by atoms with Crippen LogP contribution in [0.4, 0.5) is 8.78 Å². The zero-order valence-corrected chi connectivity index (χ0v) is 5.94. The molecule has 0 saturated heterocycles. The van der Waals surface area contributed by atoms with Crippen LogP contribution in [0.15, 0.2) is 5.10 Å². The van der Waals surface area contributed by atoms with Gasteiger partial charge < -0.3 is 11.2 Å². The summed E-state index contributed by atoms with van der Waals surface area (Å²) in [5, 5.41) is 3.22. The number of halogens is 2. The molecule has 0 heterocycles. The molecule has 3 nitrogen and oxygen atoms in total. The van der Waals surface area contributed by atoms with Crippen LogP contribution < -0.4 is 11.2 Å². The average Bonchev–Trinajstić information content (AvgIpc) is 1.82. The Morgan fingerprint density at radius 3 is 2.30 bits per heavy atom. The molecule has 0 unspecified atom stereocenters. The highest BCUT2D eigenvalue weighted by molar-refractivity contribution is 5.83. The molecule has 0 amide bonds. The Morgan fingerprint density at radius 2 is 2.00 bits per heavy atom. The van der Waals surface area contributed by atoms with E-state index in [0.29, 0.717) is 0 Å². The molecule has 0 spiro atoms. The third-order valence-electron chi connectivity index (χ3n) is 0.675. The highest BCUT2D eigenvalue weighted by Gasteiger charge is 2.06. The molecule has 5 heteroatoms. The molecule has 0 aliphatic heterocycles. The smallest absolute Gasteiger partial charge is 0.296 e. The van der Waals surface area contributed by atoms with Gasteiger partial charge in [0.05, 0.1) is 0 Å². The quantitative estimate of drug-likeness (QED) is 0.351. The molecular weight excluding hydrogens is 140 g/mol. The Labute approximate surface area is 58.3 Å². The summed E-state index contributed by atoms with van der Waals surface area (Å²) in [6, 6.07) is 0.0253. The number of nitrogens with zero attached hydrogens (tertiary/aromatic N) is 1. The second-order valence-electron chi connectivity index (χ2n) is 2.12. The molecule has 0 aliphatic rings. The van der Waals surface area contributed by atoms with Gasteiger partial charge in [-0.1, -0.05) is 0 Å². The van der Waals surface area contributed by atoms with Crippen molar-refractivity contribution in [3.05, 3.63) is 0 Å². The second-order valence-corrected chi connectivity index (χ2v) is 2.12. The van der Waals surface area contributed by atoms with Crippen LogP contribution in [-0.4, -0.2) is 18.3 Å². The zero-order valence-electron chi connectivity index (χ0n) is 5.94. The molecule has 0 aromatic rings. The fraction of sp³-hybridized carbons (Fsp3) is 0.800. The topological polar surface area (TPSA) is 50.4 Å². The average molecular weight is 151 g/mol. The molecule has 0 radical (unpaired) electrons. The SMILES string of the molecule is CC(C)N/N=C(\N)C(F)F. The predicted octanol–water partition coefficient (Wildman–Crippen LogP) is 0.522. The number of alkyl halides is 2. The van der Waals surface area contributed by atoms with Crippen molar-refractivity contribution in [2.75, 3.05) is 0 Å². The fourth-order valence-electron chi connectivity index (χ4n) is 0.252. The van der Waals surface area contributed by atoms with Crippen LogP contribution in [0.2, 0.25) is 0 Å². The molecule has 0 aliphatic carbocycles. The molecule has 0 aromatic heterocycles. The number of amidine groups is 1. The van der Waals surface area contributed by atoms with E-state index in [1.807, 2.05) is 0 Å². The third-order valence-corrected chi connectivity index (χ3v) is 0.675. The standard InChI is InChI=1S/C5H11F2N3/c1-3(2)9-10-5(8)4(6)7/h3-4,9H,1-2H3,(H2,8,10). The highest BCUT2D eigenvalue weighted by atomic mass is 19.3. The van der Waals surface area contributed by atoms with E-state index in [1.54, 1.807) is 13.8 Å². The second kappa shape index (κ2) is 4.03. The summed E-state index contributed by atoms with van der Waals surface area (Å²) < 4.78 is 23.2. The van der Waals surface area contributed by atoms with Crippen molar-refractivity contribution in [3.8, 4) is 0 Å². The minimum absolute atomic E-state index is 0.0253. The van der Waals surface area contributed by atoms with E-state index in [1.165, 1.54) is 0 Å². The number of rotatable bonds is 3. The van der Waals surface area contributed by atoms with Crippen LogP contribution >= 0.6 is 0 Å². The van der Waals surface area contributed by atoms with E-state index in [2.05, 4.69) is 10.5 Å². The summed E-state index contributed by atoms with van der Waals surface area (Å²) >= 11 is 0. The van der Waals surface area contributed by atoms with E-state index in [0.717, 1.165) is 0 Å². The highest BCUT2D eigenvalue weighted by Crippen LogP contribution is 1.90. The lowest BCUT2D eigenvalue weighted by atomic mass is 10.4. The van der Waals surface area contributed by atoms with Gasteiger partial charge in [-0.3, -0.25) is 0 Å². The summed E-state index contributed by atoms with van der Waals surface area (Å²) in [5.74, 6) is -0.672. The Balaban J connectivity index is 3.69. The number of hydrazone groups is 1. The summed E-state index contributed by atoms with van der Waals surface area (Å²) in [5.41, 5.74) is 7.21. The maximum absolute atomic E-state index is 11.6. The van der Waals surface area contributed by atoms with Gasteiger partial charge in [0.15, 0.2) is 5.84 Å². The molecule has 0 fully saturated rings. The van der Waals surface area contributed by atoms with Crippen LogP contribution in [0.25, 0.3) is 0 Å². The zero-order chi connectivity index (χ0) is 8.15. The molecule has 60 valence electrons. The third kappa shape index (κ3) is 4.05. The van der Waals surface area contributed by atoms with Gasteiger partial charge in [-0.15, -0.1) is 0 Å². The monoisotopic (exact) mass is 151 g/mol. The Kier molecular flexibility index (Phi) is 3.68. The number of hydrogen-bond acceptors (Lipinski definition) is 2. The number of nitrogens with one attached hydrogen (secondary N) is 1. The molecule has 0 aromatic carbocycles. The van der Waals surface area contributed by atoms with Crippen molar-refractivity contribution in [2.45, 2.75) is 26.3 Å². The minimum Gasteiger partial charge on any atom is -0.381 e. The van der Waals surface area contributed by atoms with Crippen LogP contribution in [0.1, 0.15) is 13.8 Å². The summed E-state index contributed by atoms with van der Waals surface area (Å²) in [6.07, 6.45) is -2.67. The molecule has 10 heavy (non-hydrogen) atoms. The van der Waals surface area contributed by atoms with Crippen LogP contribution in [-0.2, 0) is 0 Å². The van der Waals surface area contributed by atoms with Crippen LogP contribution in [0.5, 0.6) is 0 Å². The summed E-state index contributed by atoms with van der Waals surface area (Å²) in [7, 11) is 0. The van der Waals surface area contributed by atoms with Gasteiger partial charge in [0.2, 0.25) is 0 Å². The van der Waals surface area contributed by atoms with Gasteiger partial charge in [0.1, 0.15) is 0 Å². The number of nitrogens with two attached hydrogens (primary N) is 1. The maximum atomic E-state index is 11.6. The first-order valence-corrected chi connectivity index (χ1v) is 2.90. The van der Waals surface area contributed by atoms with Crippen molar-refractivity contribution in [2.24, 2.45) is 10.8 Å². The van der Waals surface area contributed by atoms with Gasteiger partial charge >= 0.3 is 0 Å². The van der Waals surface area contributed by atoms with E-state index >= 15 is 0 Å². The van der Waals surface area contributed by atoms with Crippen LogP contribution in [0.3, 0.4) is 0 Å². The molecule has 0 saturated carbocycles. The Hall–Kier alpha value is -0.870. The lowest BCUT2D eigenvalue weighted by molar-refractivity contribution is 0.223. The van der Waals surface area contributed by atoms with E-state index in [9.17, 15) is 8.78 Å². The minimum atomic E-state index is -2.67. The largest absolute Gasteiger partial charge is 0.381 e. The molecule has 3 N–H and O–H groups in total. The van der Waals surface area contributed by atoms with Gasteiger partial charge in [-0.05, 0) is 13.8 Å². The van der Waals surface area contributed by atoms with Crippen molar-refractivity contribution >= 4 is 5.84 Å². The first kappa shape index (κ1) is 9.13. The van der Waals surface area contributed by atoms with Gasteiger partial charge in [0, 0.05) is 6.04 Å². The van der Waals surface area contributed by atoms with Crippen molar-refractivity contribution in [1.82, 2.24) is 5.43 Å². The lowest BCUT2D eigenvalue weighted by Gasteiger charge is -2.03. The first-order valence-electron chi connectivity index (χ1n) is 2.90. The van der Waals surface area contributed by atoms with Gasteiger partial charge in [-0.2, -0.15) is 5.10 Å². The normalized spacial score (nSPS) is 12.8. The summed E-state index contributed by atoms with van der Waals surface area (Å²) in [4.78, 5) is 0. The maximum Gasteiger partial charge on any atom is 0.296 e. The van der Waals surface area contributed by atoms with Gasteiger partial charge in [-0.25, -0.2) is 8.78 Å². The lowest BCUT2D eigenvalue weighted by Crippen LogP contribution is -2.27. The molecule has 0 rings (SSSR count). The first-order chi connectivity index (χ1) is 4.54. The van der Waals surface area contributed by atoms with Gasteiger partial charge in [0.25, 0.3) is 6.43 Å². The van der Waals surface area contributed by atoms with E-state index < -0.39 is 12.3 Å². The Morgan fingerprint density at radius 1 is 1.50 bits per heavy atom. The molecule has 0 atom stereocenters. The van der Waals surface area contributed by atoms with E-state index in [-0.39, 0.29) is 6.04 Å². The Bertz CT molecular complexity index is 122. The van der Waals surface area contributed by atoms with Crippen molar-refractivity contribution < 1.29 is 8.78 Å². The van der Waals surface area contributed by atoms with Crippen molar-refractivity contribution in [3.63, 3.8) is 0 Å². The predicted molar refractivity (Wildman–Crippen MR) is 35.9 cm³/mol. The molecule has 0 bridgehead atoms. The molecular formula is C5H11F2N3. The van der Waals surface area contributed by atoms with Crippen LogP contribution in [0, 0.1) is 0 Å². The fourth-order valence-corrected chi connectivity index (χ4v) is 0.252. The summed E-state index contributed by atoms with van der Waals surface area (Å²) in [6.45, 7) is 3.56.